The molecule has 1 aliphatic carbocycles. The van der Waals surface area contributed by atoms with Crippen molar-refractivity contribution in [3.8, 4) is 44.5 Å². The molecule has 2 heterocycles. The first-order valence-corrected chi connectivity index (χ1v) is 23.5. The number of rotatable bonds is 7. The summed E-state index contributed by atoms with van der Waals surface area (Å²) >= 11 is 0. The fraction of sp³-hybridized carbons (Fsp3) is 0.0308. The SMILES string of the molecule is C1=C(c2ccccc2-c2cccc(-c3ccc4c(c3)C3(c5ccccc5-4)c4ccccc4N(c4ccccc4)c4ccccc43)c2)NC(c2ccc(-c3ccccc3)cc2)N=C1c1ccccc1. The standard InChI is InChI=1S/C65H45N3/c1-4-19-44(20-5-1)45-35-37-47(38-36-45)64-66-60(46-21-6-2-7-22-46)43-61(67-64)55-29-11-10-27-52(55)50-24-18-23-48(41-50)49-39-40-54-53-28-12-13-30-56(53)65(59(54)42-49)57-31-14-16-33-62(57)68(51-25-8-3-9-26-51)63-34-17-15-32-58(63)65/h1-43,64,67H. The summed E-state index contributed by atoms with van der Waals surface area (Å²) in [5.74, 6) is 0. The molecule has 1 N–H and O–H groups in total. The molecule has 320 valence electrons. The van der Waals surface area contributed by atoms with Gasteiger partial charge in [0, 0.05) is 16.9 Å². The molecule has 0 radical (unpaired) electrons. The quantitative estimate of drug-likeness (QED) is 0.173. The Morgan fingerprint density at radius 3 is 1.56 bits per heavy atom. The predicted molar refractivity (Wildman–Crippen MR) is 282 cm³/mol. The molecule has 3 heteroatoms. The Morgan fingerprint density at radius 2 is 0.853 bits per heavy atom. The number of fused-ring (bicyclic) bond motifs is 9. The van der Waals surface area contributed by atoms with Gasteiger partial charge >= 0.3 is 0 Å². The molecule has 1 atom stereocenters. The molecular formula is C65H45N3. The number of anilines is 3. The van der Waals surface area contributed by atoms with Gasteiger partial charge in [-0.1, -0.05) is 218 Å². The molecule has 0 saturated heterocycles. The van der Waals surface area contributed by atoms with Gasteiger partial charge in [0.15, 0.2) is 0 Å². The van der Waals surface area contributed by atoms with Gasteiger partial charge < -0.3 is 10.2 Å². The van der Waals surface area contributed by atoms with Crippen molar-refractivity contribution < 1.29 is 0 Å². The first-order valence-electron chi connectivity index (χ1n) is 23.5. The number of allylic oxidation sites excluding steroid dienone is 1. The fourth-order valence-corrected chi connectivity index (χ4v) is 11.1. The highest BCUT2D eigenvalue weighted by Gasteiger charge is 2.51. The van der Waals surface area contributed by atoms with Gasteiger partial charge in [-0.25, -0.2) is 0 Å². The van der Waals surface area contributed by atoms with Crippen LogP contribution in [0.5, 0.6) is 0 Å². The molecule has 0 amide bonds. The summed E-state index contributed by atoms with van der Waals surface area (Å²) in [6.45, 7) is 0. The van der Waals surface area contributed by atoms with Gasteiger partial charge in [-0.15, -0.1) is 0 Å². The second kappa shape index (κ2) is 16.3. The largest absolute Gasteiger partial charge is 0.359 e. The molecule has 10 aromatic rings. The maximum absolute atomic E-state index is 5.31. The third kappa shape index (κ3) is 6.39. The van der Waals surface area contributed by atoms with Crippen LogP contribution in [-0.4, -0.2) is 5.71 Å². The Labute approximate surface area is 397 Å². The van der Waals surface area contributed by atoms with Crippen molar-refractivity contribution >= 4 is 28.5 Å². The highest BCUT2D eigenvalue weighted by atomic mass is 15.2. The maximum atomic E-state index is 5.31. The van der Waals surface area contributed by atoms with Crippen molar-refractivity contribution in [1.82, 2.24) is 5.32 Å². The maximum Gasteiger partial charge on any atom is 0.145 e. The monoisotopic (exact) mass is 867 g/mol. The predicted octanol–water partition coefficient (Wildman–Crippen LogP) is 16.0. The first-order chi connectivity index (χ1) is 33.7. The summed E-state index contributed by atoms with van der Waals surface area (Å²) in [6, 6.07) is 92.7. The highest BCUT2D eigenvalue weighted by molar-refractivity contribution is 6.13. The lowest BCUT2D eigenvalue weighted by Crippen LogP contribution is -2.36. The number of nitrogens with one attached hydrogen (secondary N) is 1. The van der Waals surface area contributed by atoms with Crippen LogP contribution in [0.4, 0.5) is 17.1 Å². The van der Waals surface area contributed by atoms with Gasteiger partial charge in [-0.2, -0.15) is 0 Å². The first kappa shape index (κ1) is 39.6. The van der Waals surface area contributed by atoms with Gasteiger partial charge in [-0.05, 0) is 120 Å². The van der Waals surface area contributed by atoms with E-state index in [0.29, 0.717) is 0 Å². The average Bonchev–Trinajstić information content (AvgIpc) is 3.71. The van der Waals surface area contributed by atoms with E-state index in [4.69, 9.17) is 4.99 Å². The zero-order chi connectivity index (χ0) is 45.0. The minimum Gasteiger partial charge on any atom is -0.359 e. The Balaban J connectivity index is 0.919. The van der Waals surface area contributed by atoms with Crippen molar-refractivity contribution in [3.63, 3.8) is 0 Å². The van der Waals surface area contributed by atoms with Crippen molar-refractivity contribution in [3.05, 3.63) is 300 Å². The summed E-state index contributed by atoms with van der Waals surface area (Å²) in [7, 11) is 0. The number of para-hydroxylation sites is 3. The van der Waals surface area contributed by atoms with Crippen molar-refractivity contribution in [1.29, 1.82) is 0 Å². The van der Waals surface area contributed by atoms with E-state index in [1.54, 1.807) is 0 Å². The molecule has 0 saturated carbocycles. The van der Waals surface area contributed by atoms with Crippen LogP contribution in [0, 0.1) is 0 Å². The number of hydrogen-bond acceptors (Lipinski definition) is 3. The third-order valence-corrected chi connectivity index (χ3v) is 14.1. The van der Waals surface area contributed by atoms with Gasteiger partial charge in [0.05, 0.1) is 22.5 Å². The minimum absolute atomic E-state index is 0.271. The normalized spacial score (nSPS) is 15.0. The van der Waals surface area contributed by atoms with Gasteiger partial charge in [0.2, 0.25) is 0 Å². The summed E-state index contributed by atoms with van der Waals surface area (Å²) in [6.07, 6.45) is 1.94. The third-order valence-electron chi connectivity index (χ3n) is 14.1. The van der Waals surface area contributed by atoms with Crippen molar-refractivity contribution in [2.75, 3.05) is 4.90 Å². The van der Waals surface area contributed by atoms with Crippen molar-refractivity contribution in [2.24, 2.45) is 4.99 Å². The summed E-state index contributed by atoms with van der Waals surface area (Å²) in [5.41, 5.74) is 23.1. The second-order valence-corrected chi connectivity index (χ2v) is 17.9. The van der Waals surface area contributed by atoms with Crippen LogP contribution in [0.3, 0.4) is 0 Å². The fourth-order valence-electron chi connectivity index (χ4n) is 11.1. The smallest absolute Gasteiger partial charge is 0.145 e. The van der Waals surface area contributed by atoms with Crippen LogP contribution in [-0.2, 0) is 5.41 Å². The van der Waals surface area contributed by atoms with E-state index in [1.807, 2.05) is 0 Å². The number of benzene rings is 10. The van der Waals surface area contributed by atoms with Crippen LogP contribution in [0.2, 0.25) is 0 Å². The van der Waals surface area contributed by atoms with E-state index >= 15 is 0 Å². The van der Waals surface area contributed by atoms with E-state index in [2.05, 4.69) is 271 Å². The van der Waals surface area contributed by atoms with E-state index in [9.17, 15) is 0 Å². The highest BCUT2D eigenvalue weighted by Crippen LogP contribution is 2.63. The second-order valence-electron chi connectivity index (χ2n) is 17.9. The molecule has 1 spiro atoms. The van der Waals surface area contributed by atoms with Gasteiger partial charge in [0.25, 0.3) is 0 Å². The molecule has 0 fully saturated rings. The van der Waals surface area contributed by atoms with E-state index in [0.717, 1.165) is 44.9 Å². The molecule has 2 aliphatic heterocycles. The number of nitrogens with zero attached hydrogens (tertiary/aromatic N) is 2. The average molecular weight is 868 g/mol. The van der Waals surface area contributed by atoms with Gasteiger partial charge in [0.1, 0.15) is 6.17 Å². The molecule has 13 rings (SSSR count). The van der Waals surface area contributed by atoms with Crippen LogP contribution in [0.1, 0.15) is 45.1 Å². The Bertz CT molecular complexity index is 3540. The molecule has 0 aromatic heterocycles. The Hall–Kier alpha value is -8.79. The summed E-state index contributed by atoms with van der Waals surface area (Å²) in [5, 5.41) is 3.87. The molecule has 3 aliphatic rings. The van der Waals surface area contributed by atoms with Crippen LogP contribution in [0.25, 0.3) is 50.2 Å². The molecular weight excluding hydrogens is 823 g/mol. The van der Waals surface area contributed by atoms with E-state index in [1.165, 1.54) is 67.0 Å². The Kier molecular flexibility index (Phi) is 9.47. The van der Waals surface area contributed by atoms with E-state index in [-0.39, 0.29) is 6.17 Å². The molecule has 68 heavy (non-hydrogen) atoms. The molecule has 0 bridgehead atoms. The topological polar surface area (TPSA) is 27.6 Å². The Morgan fingerprint density at radius 1 is 0.353 bits per heavy atom. The zero-order valence-electron chi connectivity index (χ0n) is 37.3. The summed E-state index contributed by atoms with van der Waals surface area (Å²) in [4.78, 5) is 7.75. The van der Waals surface area contributed by atoms with Crippen LogP contribution < -0.4 is 10.2 Å². The lowest BCUT2D eigenvalue weighted by Gasteiger charge is -2.45. The minimum atomic E-state index is -0.528. The lowest BCUT2D eigenvalue weighted by atomic mass is 9.64. The van der Waals surface area contributed by atoms with Crippen LogP contribution in [0.15, 0.2) is 266 Å². The molecule has 10 aromatic carbocycles. The number of aliphatic imine (C=N–C) groups is 1. The van der Waals surface area contributed by atoms with Crippen molar-refractivity contribution in [2.45, 2.75) is 11.6 Å². The van der Waals surface area contributed by atoms with Crippen LogP contribution >= 0.6 is 0 Å². The van der Waals surface area contributed by atoms with E-state index < -0.39 is 5.41 Å². The lowest BCUT2D eigenvalue weighted by molar-refractivity contribution is 0.664. The zero-order valence-corrected chi connectivity index (χ0v) is 37.3. The number of hydrogen-bond donors (Lipinski definition) is 1. The molecule has 3 nitrogen and oxygen atoms in total. The van der Waals surface area contributed by atoms with Gasteiger partial charge in [-0.3, -0.25) is 4.99 Å². The summed E-state index contributed by atoms with van der Waals surface area (Å²) < 4.78 is 0. The molecule has 1 unspecified atom stereocenters.